The van der Waals surface area contributed by atoms with E-state index in [2.05, 4.69) is 9.82 Å². The van der Waals surface area contributed by atoms with Crippen molar-refractivity contribution in [1.29, 1.82) is 0 Å². The lowest BCUT2D eigenvalue weighted by atomic mass is 10.3. The van der Waals surface area contributed by atoms with Crippen LogP contribution in [-0.2, 0) is 0 Å². The van der Waals surface area contributed by atoms with Gasteiger partial charge in [-0.2, -0.15) is 0 Å². The third kappa shape index (κ3) is 4.48. The maximum absolute atomic E-state index is 5.28. The molecule has 0 spiro atoms. The number of nitrogens with zero attached hydrogens (tertiary/aromatic N) is 1. The van der Waals surface area contributed by atoms with Crippen molar-refractivity contribution in [3.8, 4) is 0 Å². The van der Waals surface area contributed by atoms with Gasteiger partial charge in [0.15, 0.2) is 0 Å². The monoisotopic (exact) mass is 206 g/mol. The smallest absolute Gasteiger partial charge is 0.0491 e. The number of pyridine rings is 1. The highest BCUT2D eigenvalue weighted by molar-refractivity contribution is 6.23. The van der Waals surface area contributed by atoms with Crippen LogP contribution in [0.15, 0.2) is 60.9 Å². The molecule has 0 fully saturated rings. The molecule has 0 radical (unpaired) electrons. The van der Waals surface area contributed by atoms with Crippen LogP contribution in [0.2, 0.25) is 0 Å². The normalized spacial score (nSPS) is 8.36. The van der Waals surface area contributed by atoms with Gasteiger partial charge >= 0.3 is 0 Å². The largest absolute Gasteiger partial charge is 0.299 e. The van der Waals surface area contributed by atoms with Crippen molar-refractivity contribution < 1.29 is 0 Å². The standard InChI is InChI=1S/C6H6ClN.C5H5N/c7-8-6-4-2-1-3-5-6;1-2-4-6-5-3-1/h1-5,8H;1-5H. The lowest BCUT2D eigenvalue weighted by molar-refractivity contribution is 1.33. The van der Waals surface area contributed by atoms with Gasteiger partial charge in [-0.15, -0.1) is 0 Å². The van der Waals surface area contributed by atoms with E-state index < -0.39 is 0 Å². The topological polar surface area (TPSA) is 24.9 Å². The molecule has 0 saturated carbocycles. The SMILES string of the molecule is ClNc1ccccc1.c1ccncc1. The van der Waals surface area contributed by atoms with E-state index in [1.54, 1.807) is 12.4 Å². The lowest BCUT2D eigenvalue weighted by Crippen LogP contribution is -1.75. The zero-order chi connectivity index (χ0) is 10.1. The summed E-state index contributed by atoms with van der Waals surface area (Å²) in [5.74, 6) is 0. The molecule has 14 heavy (non-hydrogen) atoms. The molecule has 0 bridgehead atoms. The van der Waals surface area contributed by atoms with Crippen LogP contribution in [0.25, 0.3) is 0 Å². The number of anilines is 1. The molecule has 0 amide bonds. The predicted molar refractivity (Wildman–Crippen MR) is 60.2 cm³/mol. The summed E-state index contributed by atoms with van der Waals surface area (Å²) in [6.45, 7) is 0. The van der Waals surface area contributed by atoms with Gasteiger partial charge in [-0.1, -0.05) is 24.3 Å². The Morgan fingerprint density at radius 1 is 0.857 bits per heavy atom. The van der Waals surface area contributed by atoms with Crippen molar-refractivity contribution in [2.24, 2.45) is 0 Å². The van der Waals surface area contributed by atoms with Gasteiger partial charge in [-0.25, -0.2) is 0 Å². The first kappa shape index (κ1) is 10.5. The highest BCUT2D eigenvalue weighted by Gasteiger charge is 1.79. The molecule has 0 aliphatic rings. The highest BCUT2D eigenvalue weighted by atomic mass is 35.5. The van der Waals surface area contributed by atoms with Gasteiger partial charge in [-0.3, -0.25) is 9.82 Å². The minimum atomic E-state index is 0.925. The molecule has 0 aliphatic heterocycles. The average Bonchev–Trinajstić information content (AvgIpc) is 2.33. The molecular formula is C11H11ClN2. The van der Waals surface area contributed by atoms with E-state index in [9.17, 15) is 0 Å². The summed E-state index contributed by atoms with van der Waals surface area (Å²) in [6, 6.07) is 15.3. The van der Waals surface area contributed by atoms with Crippen LogP contribution in [0.5, 0.6) is 0 Å². The maximum Gasteiger partial charge on any atom is 0.0491 e. The summed E-state index contributed by atoms with van der Waals surface area (Å²) >= 11 is 5.28. The first-order valence-corrected chi connectivity index (χ1v) is 4.58. The Kier molecular flexibility index (Phi) is 5.21. The number of nitrogens with one attached hydrogen (secondary N) is 1. The Morgan fingerprint density at radius 3 is 1.71 bits per heavy atom. The number of hydrogen-bond donors (Lipinski definition) is 1. The van der Waals surface area contributed by atoms with Gasteiger partial charge < -0.3 is 0 Å². The van der Waals surface area contributed by atoms with Crippen molar-refractivity contribution in [2.75, 3.05) is 4.84 Å². The Hall–Kier alpha value is -1.54. The molecular weight excluding hydrogens is 196 g/mol. The fourth-order valence-corrected chi connectivity index (χ4v) is 0.940. The van der Waals surface area contributed by atoms with Crippen LogP contribution < -0.4 is 4.84 Å². The molecule has 0 atom stereocenters. The predicted octanol–water partition coefficient (Wildman–Crippen LogP) is 3.33. The van der Waals surface area contributed by atoms with E-state index in [-0.39, 0.29) is 0 Å². The summed E-state index contributed by atoms with van der Waals surface area (Å²) in [4.78, 5) is 6.28. The molecule has 0 saturated heterocycles. The second kappa shape index (κ2) is 6.92. The second-order valence-corrected chi connectivity index (χ2v) is 2.67. The molecule has 1 aromatic carbocycles. The number of hydrogen-bond acceptors (Lipinski definition) is 2. The highest BCUT2D eigenvalue weighted by Crippen LogP contribution is 2.04. The Morgan fingerprint density at radius 2 is 1.43 bits per heavy atom. The number of para-hydroxylation sites is 1. The fraction of sp³-hybridized carbons (Fsp3) is 0. The summed E-state index contributed by atoms with van der Waals surface area (Å²) in [5.41, 5.74) is 0.925. The second-order valence-electron chi connectivity index (χ2n) is 2.49. The van der Waals surface area contributed by atoms with E-state index in [1.165, 1.54) is 0 Å². The third-order valence-electron chi connectivity index (χ3n) is 1.45. The van der Waals surface area contributed by atoms with Crippen molar-refractivity contribution in [3.63, 3.8) is 0 Å². The van der Waals surface area contributed by atoms with Crippen molar-refractivity contribution in [3.05, 3.63) is 60.9 Å². The van der Waals surface area contributed by atoms with Crippen molar-refractivity contribution in [2.45, 2.75) is 0 Å². The number of halogens is 1. The van der Waals surface area contributed by atoms with E-state index in [1.807, 2.05) is 48.5 Å². The zero-order valence-corrected chi connectivity index (χ0v) is 8.35. The van der Waals surface area contributed by atoms with Crippen molar-refractivity contribution in [1.82, 2.24) is 4.98 Å². The van der Waals surface area contributed by atoms with E-state index >= 15 is 0 Å². The van der Waals surface area contributed by atoms with Gasteiger partial charge in [0.05, 0.1) is 0 Å². The van der Waals surface area contributed by atoms with E-state index in [0.717, 1.165) is 5.69 Å². The van der Waals surface area contributed by atoms with Crippen LogP contribution in [0.3, 0.4) is 0 Å². The minimum absolute atomic E-state index is 0.925. The summed E-state index contributed by atoms with van der Waals surface area (Å²) in [5, 5.41) is 0. The van der Waals surface area contributed by atoms with Gasteiger partial charge in [0.2, 0.25) is 0 Å². The molecule has 0 unspecified atom stereocenters. The van der Waals surface area contributed by atoms with E-state index in [0.29, 0.717) is 0 Å². The molecule has 3 heteroatoms. The van der Waals surface area contributed by atoms with Gasteiger partial charge in [-0.05, 0) is 24.3 Å². The number of rotatable bonds is 1. The van der Waals surface area contributed by atoms with E-state index in [4.69, 9.17) is 11.8 Å². The molecule has 2 nitrogen and oxygen atoms in total. The van der Waals surface area contributed by atoms with Crippen LogP contribution >= 0.6 is 11.8 Å². The number of benzene rings is 1. The van der Waals surface area contributed by atoms with Gasteiger partial charge in [0.25, 0.3) is 0 Å². The minimum Gasteiger partial charge on any atom is -0.299 e. The first-order valence-electron chi connectivity index (χ1n) is 4.20. The Bertz CT molecular complexity index is 297. The van der Waals surface area contributed by atoms with Gasteiger partial charge in [0.1, 0.15) is 0 Å². The molecule has 72 valence electrons. The quantitative estimate of drug-likeness (QED) is 0.724. The van der Waals surface area contributed by atoms with Crippen LogP contribution in [-0.4, -0.2) is 4.98 Å². The molecule has 2 aromatic rings. The molecule has 2 rings (SSSR count). The number of aromatic nitrogens is 1. The van der Waals surface area contributed by atoms with Crippen LogP contribution in [0.1, 0.15) is 0 Å². The molecule has 0 aliphatic carbocycles. The Labute approximate surface area is 88.7 Å². The van der Waals surface area contributed by atoms with Crippen LogP contribution in [0.4, 0.5) is 5.69 Å². The summed E-state index contributed by atoms with van der Waals surface area (Å²) < 4.78 is 0. The van der Waals surface area contributed by atoms with Crippen LogP contribution in [0, 0.1) is 0 Å². The fourth-order valence-electron chi connectivity index (χ4n) is 0.814. The summed E-state index contributed by atoms with van der Waals surface area (Å²) in [6.07, 6.45) is 3.50. The maximum atomic E-state index is 5.28. The Balaban J connectivity index is 0.000000146. The molecule has 1 N–H and O–H groups in total. The summed E-state index contributed by atoms with van der Waals surface area (Å²) in [7, 11) is 0. The molecule has 1 heterocycles. The van der Waals surface area contributed by atoms with Crippen molar-refractivity contribution >= 4 is 17.5 Å². The van der Waals surface area contributed by atoms with Gasteiger partial charge in [0, 0.05) is 29.9 Å². The first-order chi connectivity index (χ1) is 6.93. The average molecular weight is 207 g/mol. The zero-order valence-electron chi connectivity index (χ0n) is 7.60. The lowest BCUT2D eigenvalue weighted by Gasteiger charge is -1.91. The third-order valence-corrected chi connectivity index (χ3v) is 1.67. The molecule has 1 aromatic heterocycles.